The first-order valence-electron chi connectivity index (χ1n) is 8.87. The van der Waals surface area contributed by atoms with Gasteiger partial charge in [0.2, 0.25) is 0 Å². The number of carbonyl (C=O) groups excluding carboxylic acids is 1. The van der Waals surface area contributed by atoms with E-state index in [0.29, 0.717) is 18.3 Å². The van der Waals surface area contributed by atoms with Crippen molar-refractivity contribution in [3.63, 3.8) is 0 Å². The van der Waals surface area contributed by atoms with Gasteiger partial charge in [-0.05, 0) is 31.0 Å². The Morgan fingerprint density at radius 3 is 2.67 bits per heavy atom. The molecule has 2 aromatic rings. The van der Waals surface area contributed by atoms with Crippen LogP contribution < -0.4 is 4.74 Å². The second-order valence-electron chi connectivity index (χ2n) is 6.64. The number of nitrogens with zero attached hydrogens (tertiary/aromatic N) is 3. The second kappa shape index (κ2) is 6.67. The summed E-state index contributed by atoms with van der Waals surface area (Å²) < 4.78 is 7.59. The van der Waals surface area contributed by atoms with Gasteiger partial charge in [0.25, 0.3) is 5.91 Å². The monoisotopic (exact) mass is 325 g/mol. The summed E-state index contributed by atoms with van der Waals surface area (Å²) >= 11 is 0. The van der Waals surface area contributed by atoms with Crippen molar-refractivity contribution in [2.45, 2.75) is 51.3 Å². The van der Waals surface area contributed by atoms with Crippen LogP contribution in [0.1, 0.15) is 48.3 Å². The zero-order valence-corrected chi connectivity index (χ0v) is 13.9. The first-order valence-corrected chi connectivity index (χ1v) is 8.87. The predicted octanol–water partition coefficient (Wildman–Crippen LogP) is 3.25. The summed E-state index contributed by atoms with van der Waals surface area (Å²) in [4.78, 5) is 14.9. The first-order chi connectivity index (χ1) is 11.8. The van der Waals surface area contributed by atoms with Gasteiger partial charge in [-0.2, -0.15) is 5.10 Å². The molecule has 2 aliphatic rings. The maximum absolute atomic E-state index is 12.8. The van der Waals surface area contributed by atoms with Crippen LogP contribution in [0.4, 0.5) is 0 Å². The third kappa shape index (κ3) is 3.03. The van der Waals surface area contributed by atoms with Crippen LogP contribution in [0.5, 0.6) is 5.75 Å². The average Bonchev–Trinajstić information content (AvgIpc) is 3.06. The van der Waals surface area contributed by atoms with E-state index in [0.717, 1.165) is 37.4 Å². The van der Waals surface area contributed by atoms with Gasteiger partial charge in [-0.1, -0.05) is 37.5 Å². The van der Waals surface area contributed by atoms with Gasteiger partial charge in [0.05, 0.1) is 6.54 Å². The molecule has 1 aromatic carbocycles. The highest BCUT2D eigenvalue weighted by Crippen LogP contribution is 2.26. The molecule has 0 spiro atoms. The van der Waals surface area contributed by atoms with Crippen molar-refractivity contribution in [1.82, 2.24) is 14.7 Å². The molecule has 126 valence electrons. The summed E-state index contributed by atoms with van der Waals surface area (Å²) in [5.41, 5.74) is 1.52. The van der Waals surface area contributed by atoms with Crippen LogP contribution in [0.2, 0.25) is 0 Å². The van der Waals surface area contributed by atoms with Gasteiger partial charge in [-0.15, -0.1) is 0 Å². The van der Waals surface area contributed by atoms with Crippen molar-refractivity contribution < 1.29 is 9.53 Å². The van der Waals surface area contributed by atoms with Crippen LogP contribution in [-0.2, 0) is 13.2 Å². The maximum atomic E-state index is 12.8. The Bertz CT molecular complexity index is 705. The summed E-state index contributed by atoms with van der Waals surface area (Å²) in [5, 5.41) is 4.54. The van der Waals surface area contributed by atoms with E-state index in [4.69, 9.17) is 4.74 Å². The fraction of sp³-hybridized carbons (Fsp3) is 0.474. The highest BCUT2D eigenvalue weighted by atomic mass is 16.5. The van der Waals surface area contributed by atoms with Crippen molar-refractivity contribution >= 4 is 5.91 Å². The zero-order chi connectivity index (χ0) is 16.4. The lowest BCUT2D eigenvalue weighted by atomic mass is 9.93. The van der Waals surface area contributed by atoms with Crippen molar-refractivity contribution in [2.24, 2.45) is 0 Å². The van der Waals surface area contributed by atoms with Crippen molar-refractivity contribution in [2.75, 3.05) is 6.54 Å². The van der Waals surface area contributed by atoms with Crippen molar-refractivity contribution in [3.05, 3.63) is 47.8 Å². The fourth-order valence-corrected chi connectivity index (χ4v) is 3.75. The van der Waals surface area contributed by atoms with Gasteiger partial charge in [0.15, 0.2) is 0 Å². The molecule has 1 aliphatic carbocycles. The smallest absolute Gasteiger partial charge is 0.272 e. The molecule has 5 heteroatoms. The van der Waals surface area contributed by atoms with Crippen LogP contribution in [-0.4, -0.2) is 33.2 Å². The molecular formula is C19H23N3O2. The first kappa shape index (κ1) is 15.2. The topological polar surface area (TPSA) is 47.4 Å². The number of rotatable bonds is 4. The number of aromatic nitrogens is 2. The van der Waals surface area contributed by atoms with Gasteiger partial charge >= 0.3 is 0 Å². The second-order valence-corrected chi connectivity index (χ2v) is 6.64. The van der Waals surface area contributed by atoms with E-state index < -0.39 is 0 Å². The molecule has 1 amide bonds. The molecule has 2 heterocycles. The quantitative estimate of drug-likeness (QED) is 0.867. The van der Waals surface area contributed by atoms with Gasteiger partial charge in [-0.3, -0.25) is 9.48 Å². The number of benzene rings is 1. The highest BCUT2D eigenvalue weighted by molar-refractivity contribution is 5.93. The average molecular weight is 325 g/mol. The lowest BCUT2D eigenvalue weighted by molar-refractivity contribution is 0.0563. The molecule has 0 saturated heterocycles. The highest BCUT2D eigenvalue weighted by Gasteiger charge is 2.32. The number of amides is 1. The Kier molecular flexibility index (Phi) is 4.24. The molecule has 0 radical (unpaired) electrons. The van der Waals surface area contributed by atoms with Gasteiger partial charge in [-0.25, -0.2) is 0 Å². The van der Waals surface area contributed by atoms with Gasteiger partial charge < -0.3 is 9.64 Å². The molecule has 24 heavy (non-hydrogen) atoms. The molecular weight excluding hydrogens is 302 g/mol. The molecule has 1 saturated carbocycles. The number of carbonyl (C=O) groups is 1. The van der Waals surface area contributed by atoms with E-state index in [1.165, 1.54) is 19.3 Å². The normalized spacial score (nSPS) is 18.5. The Balaban J connectivity index is 1.45. The maximum Gasteiger partial charge on any atom is 0.272 e. The predicted molar refractivity (Wildman–Crippen MR) is 90.9 cm³/mol. The van der Waals surface area contributed by atoms with Crippen molar-refractivity contribution in [1.29, 1.82) is 0 Å². The Morgan fingerprint density at radius 1 is 1.08 bits per heavy atom. The number of hydrogen-bond acceptors (Lipinski definition) is 3. The third-order valence-electron chi connectivity index (χ3n) is 5.01. The molecule has 1 fully saturated rings. The standard InChI is InChI=1S/C19H23N3O2/c23-19-18-13-15(14-24-17-9-5-2-6-10-17)20-22(18)12-11-21(19)16-7-3-1-4-8-16/h2,5-6,9-10,13,16H,1,3-4,7-8,11-12,14H2. The summed E-state index contributed by atoms with van der Waals surface area (Å²) in [6.45, 7) is 1.95. The molecule has 1 aromatic heterocycles. The van der Waals surface area contributed by atoms with E-state index in [-0.39, 0.29) is 5.91 Å². The molecule has 0 atom stereocenters. The third-order valence-corrected chi connectivity index (χ3v) is 5.01. The Hall–Kier alpha value is -2.30. The number of hydrogen-bond donors (Lipinski definition) is 0. The minimum absolute atomic E-state index is 0.131. The fourth-order valence-electron chi connectivity index (χ4n) is 3.75. The van der Waals surface area contributed by atoms with Gasteiger partial charge in [0.1, 0.15) is 23.7 Å². The van der Waals surface area contributed by atoms with E-state index in [9.17, 15) is 4.79 Å². The summed E-state index contributed by atoms with van der Waals surface area (Å²) in [6.07, 6.45) is 6.07. The zero-order valence-electron chi connectivity index (χ0n) is 13.9. The van der Waals surface area contributed by atoms with E-state index >= 15 is 0 Å². The van der Waals surface area contributed by atoms with E-state index in [1.54, 1.807) is 0 Å². The van der Waals surface area contributed by atoms with Crippen LogP contribution in [0, 0.1) is 0 Å². The van der Waals surface area contributed by atoms with Crippen molar-refractivity contribution in [3.8, 4) is 5.75 Å². The molecule has 1 aliphatic heterocycles. The summed E-state index contributed by atoms with van der Waals surface area (Å²) in [6, 6.07) is 12.0. The number of ether oxygens (including phenoxy) is 1. The van der Waals surface area contributed by atoms with E-state index in [2.05, 4.69) is 10.00 Å². The minimum atomic E-state index is 0.131. The van der Waals surface area contributed by atoms with Gasteiger partial charge in [0, 0.05) is 12.6 Å². The lowest BCUT2D eigenvalue weighted by Gasteiger charge is -2.36. The molecule has 4 rings (SSSR count). The number of fused-ring (bicyclic) bond motifs is 1. The molecule has 5 nitrogen and oxygen atoms in total. The summed E-state index contributed by atoms with van der Waals surface area (Å²) in [5.74, 6) is 0.949. The Labute approximate surface area is 142 Å². The van der Waals surface area contributed by atoms with Crippen LogP contribution >= 0.6 is 0 Å². The van der Waals surface area contributed by atoms with Crippen LogP contribution in [0.25, 0.3) is 0 Å². The van der Waals surface area contributed by atoms with Crippen LogP contribution in [0.3, 0.4) is 0 Å². The largest absolute Gasteiger partial charge is 0.487 e. The Morgan fingerprint density at radius 2 is 1.88 bits per heavy atom. The molecule has 0 N–H and O–H groups in total. The lowest BCUT2D eigenvalue weighted by Crippen LogP contribution is -2.47. The molecule has 0 unspecified atom stereocenters. The van der Waals surface area contributed by atoms with Crippen LogP contribution in [0.15, 0.2) is 36.4 Å². The van der Waals surface area contributed by atoms with E-state index in [1.807, 2.05) is 41.1 Å². The SMILES string of the molecule is O=C1c2cc(COc3ccccc3)nn2CCN1C1CCCCC1. The number of para-hydroxylation sites is 1. The minimum Gasteiger partial charge on any atom is -0.487 e. The summed E-state index contributed by atoms with van der Waals surface area (Å²) in [7, 11) is 0. The molecule has 0 bridgehead atoms.